The van der Waals surface area contributed by atoms with Gasteiger partial charge >= 0.3 is 0 Å². The predicted octanol–water partition coefficient (Wildman–Crippen LogP) is 1.69. The number of aromatic nitrogens is 3. The van der Waals surface area contributed by atoms with Gasteiger partial charge in [0.2, 0.25) is 0 Å². The third-order valence-electron chi connectivity index (χ3n) is 3.71. The van der Waals surface area contributed by atoms with Crippen molar-refractivity contribution in [1.29, 1.82) is 0 Å². The highest BCUT2D eigenvalue weighted by Crippen LogP contribution is 2.29. The van der Waals surface area contributed by atoms with Crippen molar-refractivity contribution in [3.05, 3.63) is 12.2 Å². The lowest BCUT2D eigenvalue weighted by molar-refractivity contribution is 0.376. The van der Waals surface area contributed by atoms with Crippen LogP contribution in [-0.4, -0.2) is 40.6 Å². The molecule has 5 nitrogen and oxygen atoms in total. The number of rotatable bonds is 5. The van der Waals surface area contributed by atoms with Gasteiger partial charge in [0.25, 0.3) is 0 Å². The number of halogens is 1. The van der Waals surface area contributed by atoms with Crippen molar-refractivity contribution < 1.29 is 8.42 Å². The summed E-state index contributed by atoms with van der Waals surface area (Å²) in [5.74, 6) is 2.22. The van der Waals surface area contributed by atoms with Crippen molar-refractivity contribution in [2.24, 2.45) is 11.8 Å². The first-order valence-electron chi connectivity index (χ1n) is 6.57. The molecule has 19 heavy (non-hydrogen) atoms. The predicted molar refractivity (Wildman–Crippen MR) is 75.1 cm³/mol. The van der Waals surface area contributed by atoms with Crippen molar-refractivity contribution >= 4 is 21.4 Å². The van der Waals surface area contributed by atoms with Gasteiger partial charge in [-0.2, -0.15) is 5.10 Å². The van der Waals surface area contributed by atoms with E-state index in [-0.39, 0.29) is 23.6 Å². The fraction of sp³-hybridized carbons (Fsp3) is 0.833. The first-order valence-corrected chi connectivity index (χ1v) is 8.93. The molecule has 1 saturated heterocycles. The van der Waals surface area contributed by atoms with E-state index in [1.165, 1.54) is 0 Å². The zero-order chi connectivity index (χ0) is 14.0. The molecular weight excluding hydrogens is 286 g/mol. The van der Waals surface area contributed by atoms with Gasteiger partial charge in [0, 0.05) is 18.3 Å². The second-order valence-electron chi connectivity index (χ2n) is 5.50. The van der Waals surface area contributed by atoms with Gasteiger partial charge in [-0.15, -0.1) is 11.6 Å². The van der Waals surface area contributed by atoms with Gasteiger partial charge in [0.1, 0.15) is 12.2 Å². The molecule has 0 N–H and O–H groups in total. The maximum atomic E-state index is 11.6. The van der Waals surface area contributed by atoms with Crippen LogP contribution < -0.4 is 0 Å². The Morgan fingerprint density at radius 1 is 1.53 bits per heavy atom. The molecule has 1 aliphatic rings. The Morgan fingerprint density at radius 3 is 2.79 bits per heavy atom. The molecule has 108 valence electrons. The zero-order valence-corrected chi connectivity index (χ0v) is 12.9. The van der Waals surface area contributed by atoms with Crippen LogP contribution in [0.3, 0.4) is 0 Å². The van der Waals surface area contributed by atoms with Crippen LogP contribution in [-0.2, 0) is 16.3 Å². The first-order chi connectivity index (χ1) is 8.93. The summed E-state index contributed by atoms with van der Waals surface area (Å²) in [6.07, 6.45) is 2.96. The minimum Gasteiger partial charge on any atom is -0.248 e. The van der Waals surface area contributed by atoms with E-state index in [1.807, 2.05) is 18.5 Å². The van der Waals surface area contributed by atoms with Crippen LogP contribution in [0.15, 0.2) is 6.33 Å². The summed E-state index contributed by atoms with van der Waals surface area (Å²) >= 11 is 6.04. The van der Waals surface area contributed by atoms with Gasteiger partial charge in [-0.25, -0.2) is 18.1 Å². The van der Waals surface area contributed by atoms with Crippen LogP contribution in [0.4, 0.5) is 0 Å². The van der Waals surface area contributed by atoms with E-state index >= 15 is 0 Å². The van der Waals surface area contributed by atoms with Gasteiger partial charge in [-0.3, -0.25) is 0 Å². The van der Waals surface area contributed by atoms with E-state index in [0.717, 1.165) is 12.2 Å². The molecule has 7 heteroatoms. The average Bonchev–Trinajstić information content (AvgIpc) is 2.92. The molecule has 0 aliphatic carbocycles. The van der Waals surface area contributed by atoms with Crippen molar-refractivity contribution in [3.63, 3.8) is 0 Å². The summed E-state index contributed by atoms with van der Waals surface area (Å²) in [6, 6.07) is 0.251. The zero-order valence-electron chi connectivity index (χ0n) is 11.3. The van der Waals surface area contributed by atoms with Crippen molar-refractivity contribution in [2.45, 2.75) is 32.7 Å². The normalized spacial score (nSPS) is 23.9. The highest BCUT2D eigenvalue weighted by atomic mass is 35.5. The van der Waals surface area contributed by atoms with Crippen LogP contribution in [0.1, 0.15) is 32.1 Å². The molecule has 1 aromatic rings. The molecule has 2 unspecified atom stereocenters. The van der Waals surface area contributed by atoms with Crippen molar-refractivity contribution in [2.75, 3.05) is 17.4 Å². The van der Waals surface area contributed by atoms with E-state index in [0.29, 0.717) is 18.1 Å². The van der Waals surface area contributed by atoms with Crippen molar-refractivity contribution in [3.8, 4) is 0 Å². The SMILES string of the molecule is CC(C)n1ncnc1CC(CCl)C1CCS(=O)(=O)C1. The quantitative estimate of drug-likeness (QED) is 0.777. The van der Waals surface area contributed by atoms with Gasteiger partial charge in [0.05, 0.1) is 11.5 Å². The molecule has 0 amide bonds. The fourth-order valence-electron chi connectivity index (χ4n) is 2.63. The van der Waals surface area contributed by atoms with Crippen LogP contribution in [0, 0.1) is 11.8 Å². The molecule has 1 aromatic heterocycles. The van der Waals surface area contributed by atoms with Crippen LogP contribution in [0.5, 0.6) is 0 Å². The van der Waals surface area contributed by atoms with Gasteiger partial charge in [-0.05, 0) is 32.1 Å². The second kappa shape index (κ2) is 5.79. The Morgan fingerprint density at radius 2 is 2.26 bits per heavy atom. The van der Waals surface area contributed by atoms with Crippen LogP contribution in [0.25, 0.3) is 0 Å². The minimum absolute atomic E-state index is 0.153. The summed E-state index contributed by atoms with van der Waals surface area (Å²) < 4.78 is 25.0. The molecule has 0 spiro atoms. The lowest BCUT2D eigenvalue weighted by atomic mass is 9.90. The summed E-state index contributed by atoms with van der Waals surface area (Å²) in [6.45, 7) is 4.10. The highest BCUT2D eigenvalue weighted by Gasteiger charge is 2.34. The molecule has 2 atom stereocenters. The number of nitrogens with zero attached hydrogens (tertiary/aromatic N) is 3. The Kier molecular flexibility index (Phi) is 4.50. The maximum Gasteiger partial charge on any atom is 0.150 e. The topological polar surface area (TPSA) is 64.8 Å². The molecule has 0 saturated carbocycles. The maximum absolute atomic E-state index is 11.6. The lowest BCUT2D eigenvalue weighted by Gasteiger charge is -2.20. The molecule has 2 heterocycles. The monoisotopic (exact) mass is 305 g/mol. The van der Waals surface area contributed by atoms with E-state index < -0.39 is 9.84 Å². The molecule has 2 rings (SSSR count). The van der Waals surface area contributed by atoms with Gasteiger partial charge in [-0.1, -0.05) is 0 Å². The number of alkyl halides is 1. The van der Waals surface area contributed by atoms with Gasteiger partial charge in [0.15, 0.2) is 9.84 Å². The first kappa shape index (κ1) is 14.8. The Hall–Kier alpha value is -0.620. The lowest BCUT2D eigenvalue weighted by Crippen LogP contribution is -2.22. The van der Waals surface area contributed by atoms with Crippen LogP contribution in [0.2, 0.25) is 0 Å². The molecule has 0 aromatic carbocycles. The fourth-order valence-corrected chi connectivity index (χ4v) is 4.91. The minimum atomic E-state index is -2.86. The summed E-state index contributed by atoms with van der Waals surface area (Å²) in [5, 5.41) is 4.20. The summed E-state index contributed by atoms with van der Waals surface area (Å²) in [4.78, 5) is 4.28. The Bertz CT molecular complexity index is 527. The summed E-state index contributed by atoms with van der Waals surface area (Å²) in [7, 11) is -2.86. The third-order valence-corrected chi connectivity index (χ3v) is 5.90. The molecule has 1 aliphatic heterocycles. The van der Waals surface area contributed by atoms with Gasteiger partial charge < -0.3 is 0 Å². The number of hydrogen-bond donors (Lipinski definition) is 0. The van der Waals surface area contributed by atoms with Crippen molar-refractivity contribution in [1.82, 2.24) is 14.8 Å². The number of sulfone groups is 1. The Balaban J connectivity index is 2.09. The van der Waals surface area contributed by atoms with E-state index in [2.05, 4.69) is 10.1 Å². The largest absolute Gasteiger partial charge is 0.248 e. The molecular formula is C12H20ClN3O2S. The molecule has 1 fully saturated rings. The van der Waals surface area contributed by atoms with E-state index in [9.17, 15) is 8.42 Å². The number of hydrogen-bond acceptors (Lipinski definition) is 4. The highest BCUT2D eigenvalue weighted by molar-refractivity contribution is 7.91. The van der Waals surface area contributed by atoms with E-state index in [4.69, 9.17) is 11.6 Å². The molecule has 0 radical (unpaired) electrons. The second-order valence-corrected chi connectivity index (χ2v) is 8.03. The third kappa shape index (κ3) is 3.48. The van der Waals surface area contributed by atoms with E-state index in [1.54, 1.807) is 6.33 Å². The standard InChI is InChI=1S/C12H20ClN3O2S/c1-9(2)16-12(14-8-15-16)5-11(6-13)10-3-4-19(17,18)7-10/h8-11H,3-7H2,1-2H3. The average molecular weight is 306 g/mol. The molecule has 0 bridgehead atoms. The Labute approximate surface area is 119 Å². The summed E-state index contributed by atoms with van der Waals surface area (Å²) in [5.41, 5.74) is 0. The van der Waals surface area contributed by atoms with Crippen LogP contribution >= 0.6 is 11.6 Å². The smallest absolute Gasteiger partial charge is 0.150 e.